The highest BCUT2D eigenvalue weighted by molar-refractivity contribution is 8.00. The molecule has 1 amide bonds. The van der Waals surface area contributed by atoms with E-state index in [1.54, 1.807) is 23.5 Å². The lowest BCUT2D eigenvalue weighted by molar-refractivity contribution is -0.115. The minimum Gasteiger partial charge on any atom is -0.508 e. The topological polar surface area (TPSA) is 90.9 Å². The molecule has 158 valence electrons. The number of H-pyrrole nitrogens is 1. The number of fused-ring (bicyclic) bond motifs is 1. The van der Waals surface area contributed by atoms with Crippen molar-refractivity contribution >= 4 is 34.1 Å². The van der Waals surface area contributed by atoms with Crippen LogP contribution in [-0.4, -0.2) is 31.2 Å². The van der Waals surface area contributed by atoms with Gasteiger partial charge in [0.2, 0.25) is 5.91 Å². The summed E-state index contributed by atoms with van der Waals surface area (Å²) >= 11 is 3.07. The molecule has 0 spiro atoms. The zero-order chi connectivity index (χ0) is 21.1. The second-order valence-electron chi connectivity index (χ2n) is 7.56. The number of benzene rings is 1. The Balaban J connectivity index is 1.41. The molecule has 0 bridgehead atoms. The number of aromatic hydroxyl groups is 1. The SMILES string of the molecule is CC[C@H](Sc1nc(Cc2ccc(O)cc2)c(C)[nH]1)C(=O)Nc1nc2c(s1)CCCC2. The van der Waals surface area contributed by atoms with Gasteiger partial charge in [-0.05, 0) is 56.7 Å². The Morgan fingerprint density at radius 1 is 1.27 bits per heavy atom. The highest BCUT2D eigenvalue weighted by Gasteiger charge is 2.23. The third-order valence-electron chi connectivity index (χ3n) is 5.26. The van der Waals surface area contributed by atoms with E-state index in [0.717, 1.165) is 45.8 Å². The number of aromatic nitrogens is 3. The van der Waals surface area contributed by atoms with Gasteiger partial charge in [-0.25, -0.2) is 9.97 Å². The number of anilines is 1. The summed E-state index contributed by atoms with van der Waals surface area (Å²) in [4.78, 5) is 26.8. The summed E-state index contributed by atoms with van der Waals surface area (Å²) < 4.78 is 0. The fourth-order valence-electron chi connectivity index (χ4n) is 3.55. The summed E-state index contributed by atoms with van der Waals surface area (Å²) in [6.07, 6.45) is 5.86. The number of phenols is 1. The Bertz CT molecular complexity index is 1000. The third kappa shape index (κ3) is 4.87. The van der Waals surface area contributed by atoms with Gasteiger partial charge in [-0.3, -0.25) is 4.79 Å². The number of amides is 1. The Kier molecular flexibility index (Phi) is 6.43. The van der Waals surface area contributed by atoms with Crippen LogP contribution in [0.5, 0.6) is 5.75 Å². The number of imidazole rings is 1. The zero-order valence-electron chi connectivity index (χ0n) is 17.2. The van der Waals surface area contributed by atoms with E-state index in [1.807, 2.05) is 26.0 Å². The van der Waals surface area contributed by atoms with Crippen molar-refractivity contribution in [2.24, 2.45) is 0 Å². The molecule has 0 aliphatic heterocycles. The Labute approximate surface area is 184 Å². The van der Waals surface area contributed by atoms with Crippen molar-refractivity contribution in [3.8, 4) is 5.75 Å². The van der Waals surface area contributed by atoms with E-state index in [1.165, 1.54) is 29.5 Å². The normalized spacial score (nSPS) is 14.3. The van der Waals surface area contributed by atoms with E-state index < -0.39 is 0 Å². The molecule has 1 atom stereocenters. The molecule has 3 N–H and O–H groups in total. The van der Waals surface area contributed by atoms with E-state index in [-0.39, 0.29) is 16.9 Å². The molecule has 30 heavy (non-hydrogen) atoms. The van der Waals surface area contributed by atoms with Crippen LogP contribution in [0, 0.1) is 6.92 Å². The lowest BCUT2D eigenvalue weighted by atomic mass is 10.0. The van der Waals surface area contributed by atoms with Gasteiger partial charge in [-0.15, -0.1) is 11.3 Å². The number of aryl methyl sites for hydroxylation is 3. The van der Waals surface area contributed by atoms with E-state index >= 15 is 0 Å². The summed E-state index contributed by atoms with van der Waals surface area (Å²) in [6.45, 7) is 4.01. The number of thioether (sulfide) groups is 1. The predicted octanol–water partition coefficient (Wildman–Crippen LogP) is 4.86. The van der Waals surface area contributed by atoms with Crippen molar-refractivity contribution in [1.29, 1.82) is 0 Å². The number of rotatable bonds is 7. The monoisotopic (exact) mass is 442 g/mol. The molecule has 2 aromatic heterocycles. The van der Waals surface area contributed by atoms with E-state index in [9.17, 15) is 9.90 Å². The molecule has 4 rings (SSSR count). The molecule has 6 nitrogen and oxygen atoms in total. The van der Waals surface area contributed by atoms with Crippen LogP contribution in [0.25, 0.3) is 0 Å². The maximum atomic E-state index is 12.8. The molecular formula is C22H26N4O2S2. The number of nitrogens with zero attached hydrogens (tertiary/aromatic N) is 2. The number of carbonyl (C=O) groups excluding carboxylic acids is 1. The van der Waals surface area contributed by atoms with Crippen LogP contribution in [-0.2, 0) is 24.1 Å². The van der Waals surface area contributed by atoms with Crippen molar-refractivity contribution < 1.29 is 9.90 Å². The first kappa shape index (κ1) is 20.9. The first-order valence-electron chi connectivity index (χ1n) is 10.3. The van der Waals surface area contributed by atoms with Crippen LogP contribution in [0.1, 0.15) is 53.7 Å². The molecule has 8 heteroatoms. The first-order chi connectivity index (χ1) is 14.5. The minimum absolute atomic E-state index is 0.0252. The Morgan fingerprint density at radius 2 is 2.03 bits per heavy atom. The minimum atomic E-state index is -0.238. The molecule has 0 saturated heterocycles. The van der Waals surface area contributed by atoms with Crippen molar-refractivity contribution in [2.75, 3.05) is 5.32 Å². The summed E-state index contributed by atoms with van der Waals surface area (Å²) in [6, 6.07) is 7.15. The number of nitrogens with one attached hydrogen (secondary N) is 2. The van der Waals surface area contributed by atoms with Gasteiger partial charge in [-0.2, -0.15) is 0 Å². The van der Waals surface area contributed by atoms with Gasteiger partial charge >= 0.3 is 0 Å². The molecule has 0 saturated carbocycles. The van der Waals surface area contributed by atoms with Crippen molar-refractivity contribution in [3.63, 3.8) is 0 Å². The molecule has 0 fully saturated rings. The highest BCUT2D eigenvalue weighted by atomic mass is 32.2. The fraction of sp³-hybridized carbons (Fsp3) is 0.409. The standard InChI is InChI=1S/C22H26N4O2S2/c1-3-18(20(28)26-22-24-16-6-4-5-7-19(16)30-22)29-21-23-13(2)17(25-21)12-14-8-10-15(27)11-9-14/h8-11,18,27H,3-7,12H2,1-2H3,(H,23,25)(H,24,26,28)/t18-/m0/s1. The molecule has 3 aromatic rings. The smallest absolute Gasteiger partial charge is 0.239 e. The molecule has 0 unspecified atom stereocenters. The number of hydrogen-bond donors (Lipinski definition) is 3. The Morgan fingerprint density at radius 3 is 2.77 bits per heavy atom. The van der Waals surface area contributed by atoms with E-state index in [2.05, 4.69) is 15.3 Å². The summed E-state index contributed by atoms with van der Waals surface area (Å²) in [7, 11) is 0. The number of carbonyl (C=O) groups is 1. The lowest BCUT2D eigenvalue weighted by Crippen LogP contribution is -2.24. The van der Waals surface area contributed by atoms with E-state index in [0.29, 0.717) is 12.8 Å². The van der Waals surface area contributed by atoms with Crippen molar-refractivity contribution in [2.45, 2.75) is 62.8 Å². The second-order valence-corrected chi connectivity index (χ2v) is 9.83. The summed E-state index contributed by atoms with van der Waals surface area (Å²) in [5.74, 6) is 0.231. The molecule has 1 aliphatic carbocycles. The van der Waals surface area contributed by atoms with E-state index in [4.69, 9.17) is 4.98 Å². The molecule has 1 aromatic carbocycles. The zero-order valence-corrected chi connectivity index (χ0v) is 18.8. The highest BCUT2D eigenvalue weighted by Crippen LogP contribution is 2.31. The van der Waals surface area contributed by atoms with Gasteiger partial charge in [-0.1, -0.05) is 30.8 Å². The maximum Gasteiger partial charge on any atom is 0.239 e. The molecule has 0 radical (unpaired) electrons. The molecule has 1 aliphatic rings. The maximum absolute atomic E-state index is 12.8. The van der Waals surface area contributed by atoms with Gasteiger partial charge < -0.3 is 15.4 Å². The summed E-state index contributed by atoms with van der Waals surface area (Å²) in [5.41, 5.74) is 4.18. The average molecular weight is 443 g/mol. The number of hydrogen-bond acceptors (Lipinski definition) is 6. The quantitative estimate of drug-likeness (QED) is 0.455. The first-order valence-corrected chi connectivity index (χ1v) is 12.0. The predicted molar refractivity (Wildman–Crippen MR) is 122 cm³/mol. The number of aromatic amines is 1. The largest absolute Gasteiger partial charge is 0.508 e. The van der Waals surface area contributed by atoms with Gasteiger partial charge in [0.05, 0.1) is 16.6 Å². The van der Waals surface area contributed by atoms with Crippen LogP contribution in [0.15, 0.2) is 29.4 Å². The molecular weight excluding hydrogens is 416 g/mol. The van der Waals surface area contributed by atoms with Crippen molar-refractivity contribution in [3.05, 3.63) is 51.8 Å². The van der Waals surface area contributed by atoms with Crippen LogP contribution in [0.4, 0.5) is 5.13 Å². The number of phenolic OH excluding ortho intramolecular Hbond substituents is 1. The number of thiazole rings is 1. The van der Waals surface area contributed by atoms with Crippen molar-refractivity contribution in [1.82, 2.24) is 15.0 Å². The fourth-order valence-corrected chi connectivity index (χ4v) is 5.58. The molecule has 2 heterocycles. The Hall–Kier alpha value is -2.32. The van der Waals surface area contributed by atoms with Gasteiger partial charge in [0, 0.05) is 17.0 Å². The van der Waals surface area contributed by atoms with Gasteiger partial charge in [0.1, 0.15) is 5.75 Å². The van der Waals surface area contributed by atoms with Crippen LogP contribution in [0.2, 0.25) is 0 Å². The van der Waals surface area contributed by atoms with Gasteiger partial charge in [0.25, 0.3) is 0 Å². The third-order valence-corrected chi connectivity index (χ3v) is 7.59. The summed E-state index contributed by atoms with van der Waals surface area (Å²) in [5, 5.41) is 13.7. The van der Waals surface area contributed by atoms with Crippen LogP contribution >= 0.6 is 23.1 Å². The lowest BCUT2D eigenvalue weighted by Gasteiger charge is -2.11. The second kappa shape index (κ2) is 9.22. The van der Waals surface area contributed by atoms with Gasteiger partial charge in [0.15, 0.2) is 10.3 Å². The van der Waals surface area contributed by atoms with Crippen LogP contribution < -0.4 is 5.32 Å². The van der Waals surface area contributed by atoms with Crippen LogP contribution in [0.3, 0.4) is 0 Å². The average Bonchev–Trinajstić information content (AvgIpc) is 3.30.